The summed E-state index contributed by atoms with van der Waals surface area (Å²) in [6, 6.07) is 32.5. The van der Waals surface area contributed by atoms with Crippen molar-refractivity contribution in [1.82, 2.24) is 9.88 Å². The van der Waals surface area contributed by atoms with Crippen molar-refractivity contribution in [2.75, 3.05) is 55.4 Å². The number of piperazine rings is 1. The van der Waals surface area contributed by atoms with Crippen molar-refractivity contribution in [1.29, 1.82) is 0 Å². The highest BCUT2D eigenvalue weighted by atomic mass is 16.5. The number of ether oxygens (including phenoxy) is 1. The lowest BCUT2D eigenvalue weighted by atomic mass is 9.98. The summed E-state index contributed by atoms with van der Waals surface area (Å²) in [5, 5.41) is 2.98. The van der Waals surface area contributed by atoms with Gasteiger partial charge in [-0.25, -0.2) is 0 Å². The quantitative estimate of drug-likeness (QED) is 0.184. The Labute approximate surface area is 282 Å². The van der Waals surface area contributed by atoms with E-state index in [0.29, 0.717) is 28.3 Å². The number of likely N-dealkylation sites (N-methyl/N-ethyl adjacent to an activating group) is 1. The monoisotopic (exact) mass is 639 g/mol. The van der Waals surface area contributed by atoms with Crippen LogP contribution in [0.25, 0.3) is 11.1 Å². The molecule has 0 atom stereocenters. The first-order valence-electron chi connectivity index (χ1n) is 16.2. The Hall–Kier alpha value is -5.47. The number of hydrogen-bond donors (Lipinski definition) is 1. The summed E-state index contributed by atoms with van der Waals surface area (Å²) < 4.78 is 6.24. The van der Waals surface area contributed by atoms with Crippen LogP contribution in [-0.2, 0) is 6.61 Å². The summed E-state index contributed by atoms with van der Waals surface area (Å²) in [6.07, 6.45) is 1.91. The molecule has 8 heteroatoms. The maximum atomic E-state index is 13.6. The number of anilines is 3. The summed E-state index contributed by atoms with van der Waals surface area (Å²) in [5.41, 5.74) is 8.28. The molecule has 1 aromatic heterocycles. The molecule has 6 rings (SSSR count). The van der Waals surface area contributed by atoms with Crippen molar-refractivity contribution >= 4 is 28.9 Å². The van der Waals surface area contributed by atoms with Crippen LogP contribution in [-0.4, -0.2) is 62.0 Å². The minimum Gasteiger partial charge on any atom is -0.485 e. The standard InChI is InChI=1S/C40H41N5O3/c1-28-9-12-30(13-10-28)35-7-5-6-8-36(35)39(46)42-32-16-14-31(15-17-32)40(47)44(4)37-20-11-29(2)25-38(37)48-27-33-18-19-34(26-41-33)45-23-21-43(3)22-24-45/h5-20,25-26H,21-24,27H2,1-4H3,(H,42,46). The molecule has 0 radical (unpaired) electrons. The molecule has 2 heterocycles. The van der Waals surface area contributed by atoms with Crippen LogP contribution in [0, 0.1) is 13.8 Å². The van der Waals surface area contributed by atoms with Gasteiger partial charge >= 0.3 is 0 Å². The maximum Gasteiger partial charge on any atom is 0.258 e. The number of pyridine rings is 1. The lowest BCUT2D eigenvalue weighted by molar-refractivity contribution is 0.0990. The van der Waals surface area contributed by atoms with Crippen LogP contribution in [0.3, 0.4) is 0 Å². The maximum absolute atomic E-state index is 13.6. The zero-order chi connectivity index (χ0) is 33.6. The van der Waals surface area contributed by atoms with Gasteiger partial charge in [-0.15, -0.1) is 0 Å². The fourth-order valence-electron chi connectivity index (χ4n) is 5.78. The van der Waals surface area contributed by atoms with Gasteiger partial charge in [-0.05, 0) is 92.2 Å². The van der Waals surface area contributed by atoms with E-state index < -0.39 is 0 Å². The molecule has 1 saturated heterocycles. The first kappa shape index (κ1) is 32.5. The highest BCUT2D eigenvalue weighted by Gasteiger charge is 2.19. The fourth-order valence-corrected chi connectivity index (χ4v) is 5.78. The highest BCUT2D eigenvalue weighted by Crippen LogP contribution is 2.31. The average Bonchev–Trinajstić information content (AvgIpc) is 3.11. The van der Waals surface area contributed by atoms with Gasteiger partial charge in [-0.2, -0.15) is 0 Å². The second kappa shape index (κ2) is 14.5. The first-order chi connectivity index (χ1) is 23.2. The van der Waals surface area contributed by atoms with Gasteiger partial charge < -0.3 is 24.8 Å². The van der Waals surface area contributed by atoms with Gasteiger partial charge in [0.05, 0.1) is 23.3 Å². The van der Waals surface area contributed by atoms with Crippen molar-refractivity contribution in [3.63, 3.8) is 0 Å². The average molecular weight is 640 g/mol. The zero-order valence-corrected chi connectivity index (χ0v) is 27.9. The van der Waals surface area contributed by atoms with Crippen LogP contribution in [0.2, 0.25) is 0 Å². The van der Waals surface area contributed by atoms with Crippen LogP contribution in [0.1, 0.15) is 37.5 Å². The third-order valence-electron chi connectivity index (χ3n) is 8.76. The number of aromatic nitrogens is 1. The smallest absolute Gasteiger partial charge is 0.258 e. The van der Waals surface area contributed by atoms with Gasteiger partial charge in [0, 0.05) is 50.0 Å². The molecule has 0 aliphatic carbocycles. The first-order valence-corrected chi connectivity index (χ1v) is 16.2. The molecule has 0 saturated carbocycles. The molecular weight excluding hydrogens is 598 g/mol. The molecule has 1 aliphatic heterocycles. The van der Waals surface area contributed by atoms with E-state index >= 15 is 0 Å². The molecule has 1 aliphatic rings. The highest BCUT2D eigenvalue weighted by molar-refractivity contribution is 6.09. The molecule has 0 unspecified atom stereocenters. The summed E-state index contributed by atoms with van der Waals surface area (Å²) in [5.74, 6) is 0.195. The van der Waals surface area contributed by atoms with Gasteiger partial charge in [0.25, 0.3) is 11.8 Å². The molecule has 4 aromatic carbocycles. The summed E-state index contributed by atoms with van der Waals surface area (Å²) >= 11 is 0. The largest absolute Gasteiger partial charge is 0.485 e. The van der Waals surface area contributed by atoms with E-state index in [9.17, 15) is 9.59 Å². The Kier molecular flexibility index (Phi) is 9.83. The van der Waals surface area contributed by atoms with Gasteiger partial charge in [-0.3, -0.25) is 14.6 Å². The van der Waals surface area contributed by atoms with E-state index in [1.165, 1.54) is 0 Å². The lowest BCUT2D eigenvalue weighted by Crippen LogP contribution is -2.44. The number of aryl methyl sites for hydroxylation is 2. The number of rotatable bonds is 9. The summed E-state index contributed by atoms with van der Waals surface area (Å²) in [4.78, 5) is 37.8. The van der Waals surface area contributed by atoms with Crippen molar-refractivity contribution < 1.29 is 14.3 Å². The molecule has 0 bridgehead atoms. The van der Waals surface area contributed by atoms with Crippen LogP contribution in [0.4, 0.5) is 17.1 Å². The van der Waals surface area contributed by atoms with E-state index in [0.717, 1.165) is 59.8 Å². The minimum absolute atomic E-state index is 0.194. The number of benzene rings is 4. The molecular formula is C40H41N5O3. The zero-order valence-electron chi connectivity index (χ0n) is 27.9. The summed E-state index contributed by atoms with van der Waals surface area (Å²) in [6.45, 7) is 8.37. The molecule has 2 amide bonds. The topological polar surface area (TPSA) is 78.0 Å². The Morgan fingerprint density at radius 1 is 0.833 bits per heavy atom. The third-order valence-corrected chi connectivity index (χ3v) is 8.76. The minimum atomic E-state index is -0.215. The SMILES string of the molecule is Cc1ccc(-c2ccccc2C(=O)Nc2ccc(C(=O)N(C)c3ccc(C)cc3OCc3ccc(N4CCN(C)CC4)cn3)cc2)cc1. The van der Waals surface area contributed by atoms with Crippen molar-refractivity contribution in [2.24, 2.45) is 0 Å². The van der Waals surface area contributed by atoms with Crippen LogP contribution < -0.4 is 19.9 Å². The molecule has 8 nitrogen and oxygen atoms in total. The predicted octanol–water partition coefficient (Wildman–Crippen LogP) is 7.23. The molecule has 1 N–H and O–H groups in total. The molecule has 48 heavy (non-hydrogen) atoms. The van der Waals surface area contributed by atoms with E-state index in [2.05, 4.69) is 33.2 Å². The van der Waals surface area contributed by atoms with E-state index in [1.807, 2.05) is 92.8 Å². The molecule has 5 aromatic rings. The van der Waals surface area contributed by atoms with Crippen LogP contribution >= 0.6 is 0 Å². The Bertz CT molecular complexity index is 1880. The van der Waals surface area contributed by atoms with Gasteiger partial charge in [0.2, 0.25) is 0 Å². The number of amides is 2. The van der Waals surface area contributed by atoms with Gasteiger partial charge in [-0.1, -0.05) is 54.1 Å². The van der Waals surface area contributed by atoms with E-state index in [4.69, 9.17) is 4.74 Å². The Morgan fingerprint density at radius 3 is 2.25 bits per heavy atom. The normalized spacial score (nSPS) is 13.2. The van der Waals surface area contributed by atoms with E-state index in [1.54, 1.807) is 36.2 Å². The number of nitrogens with zero attached hydrogens (tertiary/aromatic N) is 4. The fraction of sp³-hybridized carbons (Fsp3) is 0.225. The number of hydrogen-bond acceptors (Lipinski definition) is 6. The van der Waals surface area contributed by atoms with Crippen LogP contribution in [0.5, 0.6) is 5.75 Å². The van der Waals surface area contributed by atoms with Gasteiger partial charge in [0.15, 0.2) is 0 Å². The Balaban J connectivity index is 1.11. The lowest BCUT2D eigenvalue weighted by Gasteiger charge is -2.33. The molecule has 1 fully saturated rings. The molecule has 0 spiro atoms. The second-order valence-corrected chi connectivity index (χ2v) is 12.4. The van der Waals surface area contributed by atoms with Crippen molar-refractivity contribution in [2.45, 2.75) is 20.5 Å². The van der Waals surface area contributed by atoms with Crippen molar-refractivity contribution in [3.05, 3.63) is 137 Å². The van der Waals surface area contributed by atoms with Crippen molar-refractivity contribution in [3.8, 4) is 16.9 Å². The Morgan fingerprint density at radius 2 is 1.54 bits per heavy atom. The number of carbonyl (C=O) groups is 2. The van der Waals surface area contributed by atoms with Crippen LogP contribution in [0.15, 0.2) is 109 Å². The van der Waals surface area contributed by atoms with Gasteiger partial charge in [0.1, 0.15) is 12.4 Å². The third kappa shape index (κ3) is 7.56. The number of carbonyl (C=O) groups excluding carboxylic acids is 2. The number of nitrogens with one attached hydrogen (secondary N) is 1. The summed E-state index contributed by atoms with van der Waals surface area (Å²) in [7, 11) is 3.88. The predicted molar refractivity (Wildman–Crippen MR) is 193 cm³/mol. The molecule has 244 valence electrons. The van der Waals surface area contributed by atoms with E-state index in [-0.39, 0.29) is 18.4 Å². The second-order valence-electron chi connectivity index (χ2n) is 12.4.